The molecule has 0 spiro atoms. The summed E-state index contributed by atoms with van der Waals surface area (Å²) in [6.45, 7) is 2.26. The number of carbonyl (C=O) groups is 1. The van der Waals surface area contributed by atoms with Crippen LogP contribution in [0.3, 0.4) is 0 Å². The number of sulfone groups is 1. The van der Waals surface area contributed by atoms with Gasteiger partial charge in [-0.25, -0.2) is 8.42 Å². The van der Waals surface area contributed by atoms with Crippen molar-refractivity contribution in [3.05, 3.63) is 71.3 Å². The quantitative estimate of drug-likeness (QED) is 0.714. The molecule has 1 N–H and O–H groups in total. The lowest BCUT2D eigenvalue weighted by Gasteiger charge is -2.34. The van der Waals surface area contributed by atoms with E-state index in [-0.39, 0.29) is 42.1 Å². The third-order valence-corrected chi connectivity index (χ3v) is 8.36. The highest BCUT2D eigenvalue weighted by Crippen LogP contribution is 2.29. The lowest BCUT2D eigenvalue weighted by atomic mass is 9.97. The van der Waals surface area contributed by atoms with E-state index in [1.807, 2.05) is 23.1 Å². The minimum absolute atomic E-state index is 0.0158. The largest absolute Gasteiger partial charge is 0.335 e. The molecule has 5 nitrogen and oxygen atoms in total. The van der Waals surface area contributed by atoms with E-state index in [0.29, 0.717) is 6.42 Å². The number of nitrogens with one attached hydrogen (secondary N) is 1. The van der Waals surface area contributed by atoms with Crippen LogP contribution in [0, 0.1) is 6.92 Å². The maximum absolute atomic E-state index is 13.4. The van der Waals surface area contributed by atoms with Crippen molar-refractivity contribution in [1.82, 2.24) is 10.2 Å². The molecule has 0 aromatic heterocycles. The lowest BCUT2D eigenvalue weighted by molar-refractivity contribution is -0.134. The fourth-order valence-electron chi connectivity index (χ4n) is 5.00. The van der Waals surface area contributed by atoms with Crippen molar-refractivity contribution in [3.8, 4) is 0 Å². The number of nitrogens with zero attached hydrogens (tertiary/aromatic N) is 1. The van der Waals surface area contributed by atoms with Crippen molar-refractivity contribution >= 4 is 15.7 Å². The highest BCUT2D eigenvalue weighted by atomic mass is 32.2. The second-order valence-corrected chi connectivity index (χ2v) is 11.2. The molecule has 4 rings (SSSR count). The topological polar surface area (TPSA) is 66.5 Å². The van der Waals surface area contributed by atoms with Crippen molar-refractivity contribution in [2.24, 2.45) is 0 Å². The van der Waals surface area contributed by atoms with Crippen LogP contribution in [0.25, 0.3) is 0 Å². The van der Waals surface area contributed by atoms with Crippen LogP contribution in [0.1, 0.15) is 54.8 Å². The first kappa shape index (κ1) is 22.0. The van der Waals surface area contributed by atoms with Gasteiger partial charge in [0.1, 0.15) is 0 Å². The third-order valence-electron chi connectivity index (χ3n) is 6.61. The fourth-order valence-corrected chi connectivity index (χ4v) is 6.71. The summed E-state index contributed by atoms with van der Waals surface area (Å²) in [5.74, 6) is 0.314. The predicted octanol–water partition coefficient (Wildman–Crippen LogP) is 3.63. The van der Waals surface area contributed by atoms with Crippen LogP contribution in [-0.4, -0.2) is 49.4 Å². The average molecular weight is 441 g/mol. The first-order valence-corrected chi connectivity index (χ1v) is 13.1. The molecule has 1 heterocycles. The van der Waals surface area contributed by atoms with E-state index < -0.39 is 9.84 Å². The van der Waals surface area contributed by atoms with Crippen LogP contribution >= 0.6 is 0 Å². The van der Waals surface area contributed by atoms with Crippen LogP contribution in [-0.2, 0) is 14.6 Å². The number of hydrogen-bond acceptors (Lipinski definition) is 4. The summed E-state index contributed by atoms with van der Waals surface area (Å²) in [5.41, 5.74) is 3.41. The standard InChI is InChI=1S/C25H32N2O3S/c1-19-11-13-21(14-12-19)25(20-7-3-2-4-8-20)26-17-24(28)27(22-9-5-6-10-22)23-15-16-31(29,30)18-23/h2-4,7-8,11-14,22-23,25-26H,5-6,9-10,15-18H2,1H3/t23-,25+/m1/s1. The third kappa shape index (κ3) is 5.36. The zero-order chi connectivity index (χ0) is 21.8. The zero-order valence-electron chi connectivity index (χ0n) is 18.2. The van der Waals surface area contributed by atoms with Crippen LogP contribution in [0.2, 0.25) is 0 Å². The summed E-state index contributed by atoms with van der Waals surface area (Å²) in [7, 11) is -3.04. The Morgan fingerprint density at radius 3 is 2.23 bits per heavy atom. The maximum atomic E-state index is 13.4. The summed E-state index contributed by atoms with van der Waals surface area (Å²) in [5, 5.41) is 3.48. The van der Waals surface area contributed by atoms with Crippen LogP contribution < -0.4 is 5.32 Å². The van der Waals surface area contributed by atoms with Crippen LogP contribution in [0.5, 0.6) is 0 Å². The van der Waals surface area contributed by atoms with Gasteiger partial charge in [0.15, 0.2) is 9.84 Å². The Labute approximate surface area is 185 Å². The number of rotatable bonds is 7. The molecule has 0 radical (unpaired) electrons. The van der Waals surface area contributed by atoms with E-state index in [0.717, 1.165) is 36.8 Å². The second kappa shape index (κ2) is 9.53. The summed E-state index contributed by atoms with van der Waals surface area (Å²) in [4.78, 5) is 15.3. The second-order valence-electron chi connectivity index (χ2n) is 8.93. The minimum Gasteiger partial charge on any atom is -0.335 e. The molecule has 2 atom stereocenters. The monoisotopic (exact) mass is 440 g/mol. The average Bonchev–Trinajstić information content (AvgIpc) is 3.40. The molecule has 6 heteroatoms. The van der Waals surface area contributed by atoms with Gasteiger partial charge in [0.05, 0.1) is 24.1 Å². The van der Waals surface area contributed by atoms with Gasteiger partial charge in [0.2, 0.25) is 5.91 Å². The molecule has 31 heavy (non-hydrogen) atoms. The minimum atomic E-state index is -3.04. The molecule has 0 bridgehead atoms. The van der Waals surface area contributed by atoms with Gasteiger partial charge in [-0.2, -0.15) is 0 Å². The summed E-state index contributed by atoms with van der Waals surface area (Å²) in [6.07, 6.45) is 4.73. The molecule has 1 saturated carbocycles. The molecule has 1 aliphatic heterocycles. The molecule has 2 fully saturated rings. The first-order chi connectivity index (χ1) is 14.9. The van der Waals surface area contributed by atoms with Crippen LogP contribution in [0.4, 0.5) is 0 Å². The summed E-state index contributed by atoms with van der Waals surface area (Å²) < 4.78 is 24.2. The van der Waals surface area contributed by atoms with Crippen molar-refractivity contribution in [3.63, 3.8) is 0 Å². The molecule has 1 amide bonds. The first-order valence-electron chi connectivity index (χ1n) is 11.3. The molecule has 2 aliphatic rings. The van der Waals surface area contributed by atoms with E-state index in [1.165, 1.54) is 5.56 Å². The number of carbonyl (C=O) groups excluding carboxylic acids is 1. The Kier molecular flexibility index (Phi) is 6.77. The van der Waals surface area contributed by atoms with Crippen molar-refractivity contribution in [2.45, 2.75) is 57.2 Å². The maximum Gasteiger partial charge on any atom is 0.237 e. The number of hydrogen-bond donors (Lipinski definition) is 1. The lowest BCUT2D eigenvalue weighted by Crippen LogP contribution is -2.50. The fraction of sp³-hybridized carbons (Fsp3) is 0.480. The molecule has 0 unspecified atom stereocenters. The Bertz CT molecular complexity index is 983. The number of aryl methyl sites for hydroxylation is 1. The van der Waals surface area contributed by atoms with Crippen molar-refractivity contribution < 1.29 is 13.2 Å². The summed E-state index contributed by atoms with van der Waals surface area (Å²) >= 11 is 0. The molecule has 166 valence electrons. The molecule has 2 aromatic carbocycles. The van der Waals surface area contributed by atoms with Crippen molar-refractivity contribution in [2.75, 3.05) is 18.1 Å². The summed E-state index contributed by atoms with van der Waals surface area (Å²) in [6, 6.07) is 18.4. The van der Waals surface area contributed by atoms with Gasteiger partial charge in [-0.3, -0.25) is 10.1 Å². The number of benzene rings is 2. The smallest absolute Gasteiger partial charge is 0.237 e. The van der Waals surface area contributed by atoms with Gasteiger partial charge in [0, 0.05) is 12.1 Å². The molecule has 2 aromatic rings. The SMILES string of the molecule is Cc1ccc([C@@H](NCC(=O)N(C2CCCC2)[C@@H]2CCS(=O)(=O)C2)c2ccccc2)cc1. The highest BCUT2D eigenvalue weighted by molar-refractivity contribution is 7.91. The predicted molar refractivity (Wildman–Crippen MR) is 124 cm³/mol. The molecular formula is C25H32N2O3S. The Morgan fingerprint density at radius 1 is 0.968 bits per heavy atom. The van der Waals surface area contributed by atoms with E-state index in [1.54, 1.807) is 0 Å². The van der Waals surface area contributed by atoms with Gasteiger partial charge < -0.3 is 4.90 Å². The highest BCUT2D eigenvalue weighted by Gasteiger charge is 2.39. The van der Waals surface area contributed by atoms with E-state index in [2.05, 4.69) is 48.6 Å². The van der Waals surface area contributed by atoms with Crippen LogP contribution in [0.15, 0.2) is 54.6 Å². The Balaban J connectivity index is 1.53. The van der Waals surface area contributed by atoms with Gasteiger partial charge >= 0.3 is 0 Å². The normalized spacial score (nSPS) is 21.8. The van der Waals surface area contributed by atoms with E-state index >= 15 is 0 Å². The number of amides is 1. The molecule has 1 aliphatic carbocycles. The zero-order valence-corrected chi connectivity index (χ0v) is 19.0. The van der Waals surface area contributed by atoms with E-state index in [9.17, 15) is 13.2 Å². The Morgan fingerprint density at radius 2 is 1.61 bits per heavy atom. The van der Waals surface area contributed by atoms with Gasteiger partial charge in [-0.05, 0) is 37.3 Å². The van der Waals surface area contributed by atoms with Gasteiger partial charge in [0.25, 0.3) is 0 Å². The van der Waals surface area contributed by atoms with E-state index in [4.69, 9.17) is 0 Å². The van der Waals surface area contributed by atoms with Gasteiger partial charge in [-0.15, -0.1) is 0 Å². The van der Waals surface area contributed by atoms with Crippen molar-refractivity contribution in [1.29, 1.82) is 0 Å². The molecular weight excluding hydrogens is 408 g/mol. The molecule has 1 saturated heterocycles. The Hall–Kier alpha value is -2.18. The van der Waals surface area contributed by atoms with Gasteiger partial charge in [-0.1, -0.05) is 73.0 Å².